The minimum atomic E-state index is -1.94. The van der Waals surface area contributed by atoms with Gasteiger partial charge in [-0.05, 0) is 0 Å². The van der Waals surface area contributed by atoms with Crippen molar-refractivity contribution in [3.8, 4) is 0 Å². The Morgan fingerprint density at radius 2 is 1.45 bits per heavy atom. The van der Waals surface area contributed by atoms with Gasteiger partial charge in [0.1, 0.15) is 0 Å². The first-order valence-electron chi connectivity index (χ1n) is 11.6. The summed E-state index contributed by atoms with van der Waals surface area (Å²) in [6.07, 6.45) is 2.72. The molecular weight excluding hydrogens is 468 g/mol. The number of benzene rings is 2. The van der Waals surface area contributed by atoms with Gasteiger partial charge in [-0.15, -0.1) is 0 Å². The van der Waals surface area contributed by atoms with Gasteiger partial charge in [-0.3, -0.25) is 0 Å². The van der Waals surface area contributed by atoms with Crippen molar-refractivity contribution >= 4 is 11.0 Å². The van der Waals surface area contributed by atoms with Crippen molar-refractivity contribution < 1.29 is 20.4 Å². The molecule has 0 heterocycles. The van der Waals surface area contributed by atoms with E-state index < -0.39 is 20.4 Å². The van der Waals surface area contributed by atoms with Crippen molar-refractivity contribution in [2.45, 2.75) is 65.2 Å². The molecule has 4 rings (SSSR count). The van der Waals surface area contributed by atoms with Crippen LogP contribution in [0.5, 0.6) is 0 Å². The van der Waals surface area contributed by atoms with E-state index in [1.165, 1.54) is 33.4 Å². The summed E-state index contributed by atoms with van der Waals surface area (Å²) in [5, 5.41) is 0. The fourth-order valence-electron chi connectivity index (χ4n) is 5.73. The molecule has 0 radical (unpaired) electrons. The number of hydrogen-bond donors (Lipinski definition) is 0. The van der Waals surface area contributed by atoms with Crippen LogP contribution < -0.4 is 0 Å². The second kappa shape index (κ2) is 8.60. The van der Waals surface area contributed by atoms with Crippen molar-refractivity contribution in [1.29, 1.82) is 0 Å². The van der Waals surface area contributed by atoms with E-state index in [1.807, 2.05) is 3.28 Å². The molecule has 2 atom stereocenters. The molecule has 0 nitrogen and oxygen atoms in total. The molecule has 2 aromatic carbocycles. The third kappa shape index (κ3) is 3.68. The Hall–Kier alpha value is -1.24. The summed E-state index contributed by atoms with van der Waals surface area (Å²) in [5.74, 6) is 0.654. The molecule has 0 saturated carbocycles. The van der Waals surface area contributed by atoms with Crippen LogP contribution in [-0.4, -0.2) is 5.43 Å². The summed E-state index contributed by atoms with van der Waals surface area (Å²) in [6, 6.07) is 13.9. The second-order valence-electron chi connectivity index (χ2n) is 9.83. The molecule has 0 saturated heterocycles. The molecule has 2 heteroatoms. The van der Waals surface area contributed by atoms with Crippen LogP contribution in [-0.2, 0) is 20.4 Å². The van der Waals surface area contributed by atoms with E-state index in [1.54, 1.807) is 22.3 Å². The van der Waals surface area contributed by atoms with Crippen LogP contribution in [0.2, 0.25) is 13.1 Å². The Labute approximate surface area is 197 Å². The van der Waals surface area contributed by atoms with Crippen LogP contribution in [0.3, 0.4) is 0 Å². The van der Waals surface area contributed by atoms with Crippen molar-refractivity contribution in [2.75, 3.05) is 0 Å². The normalized spacial score (nSPS) is 20.4. The molecule has 31 heavy (non-hydrogen) atoms. The Balaban J connectivity index is 1.96. The maximum atomic E-state index is 2.72. The van der Waals surface area contributed by atoms with Gasteiger partial charge < -0.3 is 0 Å². The molecule has 2 aliphatic carbocycles. The molecule has 0 N–H and O–H groups in total. The first kappa shape index (κ1) is 22.9. The number of fused-ring (bicyclic) bond motifs is 1. The molecule has 2 unspecified atom stereocenters. The van der Waals surface area contributed by atoms with Crippen LogP contribution in [0.4, 0.5) is 0 Å². The Morgan fingerprint density at radius 3 is 2.06 bits per heavy atom. The van der Waals surface area contributed by atoms with Gasteiger partial charge >= 0.3 is 198 Å². The third-order valence-electron chi connectivity index (χ3n) is 7.91. The maximum absolute atomic E-state index is 2.72. The number of aryl methyl sites for hydroxylation is 2. The van der Waals surface area contributed by atoms with Crippen LogP contribution in [0.25, 0.3) is 5.57 Å². The van der Waals surface area contributed by atoms with E-state index in [9.17, 15) is 0 Å². The molecule has 160 valence electrons. The third-order valence-corrected chi connectivity index (χ3v) is 26.5. The summed E-state index contributed by atoms with van der Waals surface area (Å²) in [4.78, 5) is 0. The van der Waals surface area contributed by atoms with E-state index in [0.717, 1.165) is 0 Å². The van der Waals surface area contributed by atoms with Crippen molar-refractivity contribution in [3.63, 3.8) is 0 Å². The number of hydrogen-bond acceptors (Lipinski definition) is 0. The van der Waals surface area contributed by atoms with Crippen LogP contribution >= 0.6 is 0 Å². The summed E-state index contributed by atoms with van der Waals surface area (Å²) in [7, 11) is 0. The number of allylic oxidation sites excluding steroid dienone is 5. The Morgan fingerprint density at radius 1 is 0.806 bits per heavy atom. The van der Waals surface area contributed by atoms with E-state index in [0.29, 0.717) is 9.54 Å². The zero-order valence-corrected chi connectivity index (χ0v) is 24.2. The first-order chi connectivity index (χ1) is 14.6. The molecule has 0 fully saturated rings. The van der Waals surface area contributed by atoms with Gasteiger partial charge in [0.2, 0.25) is 0 Å². The van der Waals surface area contributed by atoms with E-state index in [2.05, 4.69) is 104 Å². The Bertz CT molecular complexity index is 1220. The van der Waals surface area contributed by atoms with Gasteiger partial charge in [0.25, 0.3) is 0 Å². The fraction of sp³-hybridized carbons (Fsp3) is 0.379. The first-order valence-corrected chi connectivity index (χ1v) is 20.4. The quantitative estimate of drug-likeness (QED) is 0.370. The van der Waals surface area contributed by atoms with E-state index in [4.69, 9.17) is 0 Å². The Kier molecular flexibility index (Phi) is 6.36. The molecule has 0 bridgehead atoms. The van der Waals surface area contributed by atoms with Gasteiger partial charge in [0.05, 0.1) is 0 Å². The zero-order valence-electron chi connectivity index (χ0n) is 20.7. The predicted molar refractivity (Wildman–Crippen MR) is 135 cm³/mol. The average Bonchev–Trinajstić information content (AvgIpc) is 3.19. The van der Waals surface area contributed by atoms with E-state index in [-0.39, 0.29) is 5.43 Å². The van der Waals surface area contributed by atoms with Gasteiger partial charge in [-0.25, -0.2) is 0 Å². The average molecular weight is 504 g/mol. The fourth-order valence-corrected chi connectivity index (χ4v) is 25.4. The van der Waals surface area contributed by atoms with Crippen molar-refractivity contribution in [2.24, 2.45) is 5.92 Å². The van der Waals surface area contributed by atoms with Gasteiger partial charge in [0.15, 0.2) is 0 Å². The number of rotatable bonds is 3. The summed E-state index contributed by atoms with van der Waals surface area (Å²) >= 11 is -1.94. The standard InChI is InChI=1S/C18H17.C9H13.C2H6Si.Zr/c1-12-8-9-13(2)18(14(12)3)17-11-10-15-6-4-5-7-16(15)17;1-6-5-7(2)9(4)8(6)3;1-3-2;/h4-11H,1-3H3;6H,1-4H3;1-2H3;. The molecule has 2 aromatic rings. The molecule has 0 spiro atoms. The van der Waals surface area contributed by atoms with Gasteiger partial charge in [-0.2, -0.15) is 0 Å². The van der Waals surface area contributed by atoms with Gasteiger partial charge in [0, 0.05) is 0 Å². The molecule has 0 amide bonds. The molecular formula is C29H36SiZr. The monoisotopic (exact) mass is 502 g/mol. The van der Waals surface area contributed by atoms with Crippen molar-refractivity contribution in [1.82, 2.24) is 0 Å². The summed E-state index contributed by atoms with van der Waals surface area (Å²) in [6.45, 7) is 21.7. The van der Waals surface area contributed by atoms with Crippen LogP contribution in [0.1, 0.15) is 64.7 Å². The van der Waals surface area contributed by atoms with Crippen LogP contribution in [0.15, 0.2) is 62.5 Å². The van der Waals surface area contributed by atoms with E-state index >= 15 is 0 Å². The zero-order chi connectivity index (χ0) is 22.6. The minimum absolute atomic E-state index is 0.357. The molecule has 0 aromatic heterocycles. The van der Waals surface area contributed by atoms with Crippen molar-refractivity contribution in [3.05, 3.63) is 95.9 Å². The second-order valence-corrected chi connectivity index (χ2v) is 27.3. The predicted octanol–water partition coefficient (Wildman–Crippen LogP) is 8.23. The summed E-state index contributed by atoms with van der Waals surface area (Å²) < 4.78 is 2.58. The topological polar surface area (TPSA) is 0 Å². The summed E-state index contributed by atoms with van der Waals surface area (Å²) in [5.41, 5.74) is 14.8. The SMILES string of the molecule is CC1=C(C)C(C)[C]([Zr]([CH]2C=C(c3c(C)ccc(C)c3C)c3ccccc32)=[Si](C)C)=C1C. The van der Waals surface area contributed by atoms with Crippen LogP contribution in [0, 0.1) is 26.7 Å². The molecule has 2 aliphatic rings. The molecule has 0 aliphatic heterocycles. The van der Waals surface area contributed by atoms with Gasteiger partial charge in [-0.1, -0.05) is 0 Å².